The van der Waals surface area contributed by atoms with Gasteiger partial charge in [0.25, 0.3) is 11.8 Å². The molecule has 0 spiro atoms. The van der Waals surface area contributed by atoms with Crippen LogP contribution in [-0.2, 0) is 20.9 Å². The highest BCUT2D eigenvalue weighted by Crippen LogP contribution is 2.15. The van der Waals surface area contributed by atoms with E-state index in [4.69, 9.17) is 9.15 Å². The Hall–Kier alpha value is -3.61. The van der Waals surface area contributed by atoms with E-state index < -0.39 is 23.9 Å². The second-order valence-electron chi connectivity index (χ2n) is 6.17. The van der Waals surface area contributed by atoms with Crippen molar-refractivity contribution >= 4 is 28.6 Å². The van der Waals surface area contributed by atoms with Gasteiger partial charge in [0.05, 0.1) is 12.8 Å². The van der Waals surface area contributed by atoms with Gasteiger partial charge in [0.2, 0.25) is 0 Å². The summed E-state index contributed by atoms with van der Waals surface area (Å²) >= 11 is 0. The molecule has 2 N–H and O–H groups in total. The van der Waals surface area contributed by atoms with E-state index in [1.165, 1.54) is 13.2 Å². The highest BCUT2D eigenvalue weighted by Gasteiger charge is 2.18. The molecule has 3 rings (SSSR count). The Bertz CT molecular complexity index is 981. The Balaban J connectivity index is 1.46. The van der Waals surface area contributed by atoms with E-state index in [1.54, 1.807) is 24.3 Å². The predicted molar refractivity (Wildman–Crippen MR) is 102 cm³/mol. The number of carbonyl (C=O) groups excluding carboxylic acids is 3. The molecule has 7 heteroatoms. The van der Waals surface area contributed by atoms with Crippen LogP contribution in [0.25, 0.3) is 10.8 Å². The minimum atomic E-state index is -0.986. The third-order valence-corrected chi connectivity index (χ3v) is 4.10. The summed E-state index contributed by atoms with van der Waals surface area (Å²) in [5.41, 5.74) is 0.440. The first-order valence-corrected chi connectivity index (χ1v) is 8.79. The molecular weight excluding hydrogens is 360 g/mol. The first kappa shape index (κ1) is 19.2. The summed E-state index contributed by atoms with van der Waals surface area (Å²) < 4.78 is 10.2. The summed E-state index contributed by atoms with van der Waals surface area (Å²) in [5, 5.41) is 7.05. The van der Waals surface area contributed by atoms with Gasteiger partial charge < -0.3 is 19.8 Å². The normalized spacial score (nSPS) is 11.6. The number of hydrogen-bond acceptors (Lipinski definition) is 5. The van der Waals surface area contributed by atoms with Crippen molar-refractivity contribution in [3.8, 4) is 0 Å². The summed E-state index contributed by atoms with van der Waals surface area (Å²) in [5.74, 6) is -0.951. The zero-order chi connectivity index (χ0) is 19.9. The zero-order valence-corrected chi connectivity index (χ0v) is 15.3. The molecule has 0 aliphatic rings. The monoisotopic (exact) mass is 380 g/mol. The molecule has 144 valence electrons. The molecule has 2 amide bonds. The maximum Gasteiger partial charge on any atom is 0.326 e. The van der Waals surface area contributed by atoms with Gasteiger partial charge in [0.1, 0.15) is 12.3 Å². The molecule has 0 bridgehead atoms. The Labute approximate surface area is 161 Å². The van der Waals surface area contributed by atoms with Crippen molar-refractivity contribution in [1.82, 2.24) is 10.6 Å². The Kier molecular flexibility index (Phi) is 6.06. The van der Waals surface area contributed by atoms with E-state index in [0.29, 0.717) is 11.3 Å². The summed E-state index contributed by atoms with van der Waals surface area (Å²) in [7, 11) is 0. The summed E-state index contributed by atoms with van der Waals surface area (Å²) in [4.78, 5) is 36.1. The number of esters is 1. The molecule has 0 aliphatic carbocycles. The number of amides is 2. The summed E-state index contributed by atoms with van der Waals surface area (Å²) in [6, 6.07) is 16.4. The van der Waals surface area contributed by atoms with Crippen LogP contribution in [0.2, 0.25) is 0 Å². The molecule has 1 aromatic heterocycles. The number of carbonyl (C=O) groups is 3. The lowest BCUT2D eigenvalue weighted by molar-refractivity contribution is -0.153. The highest BCUT2D eigenvalue weighted by atomic mass is 16.5. The van der Waals surface area contributed by atoms with E-state index in [9.17, 15) is 14.4 Å². The van der Waals surface area contributed by atoms with Gasteiger partial charge in [-0.3, -0.25) is 14.4 Å². The van der Waals surface area contributed by atoms with Crippen LogP contribution in [0.3, 0.4) is 0 Å². The van der Waals surface area contributed by atoms with Gasteiger partial charge in [-0.05, 0) is 42.0 Å². The van der Waals surface area contributed by atoms with Crippen molar-refractivity contribution in [3.63, 3.8) is 0 Å². The van der Waals surface area contributed by atoms with Gasteiger partial charge >= 0.3 is 5.97 Å². The molecule has 0 saturated heterocycles. The van der Waals surface area contributed by atoms with Crippen molar-refractivity contribution in [2.75, 3.05) is 6.54 Å². The lowest BCUT2D eigenvalue weighted by Crippen LogP contribution is -2.38. The Morgan fingerprint density at radius 3 is 2.54 bits per heavy atom. The number of nitrogens with one attached hydrogen (secondary N) is 2. The number of ether oxygens (including phenoxy) is 1. The molecule has 2 aromatic carbocycles. The molecule has 0 unspecified atom stereocenters. The first-order chi connectivity index (χ1) is 13.5. The SMILES string of the molecule is C[C@H](OC(=O)CNC(=O)c1ccc2ccccc2c1)C(=O)NCc1ccco1. The summed E-state index contributed by atoms with van der Waals surface area (Å²) in [6.45, 7) is 1.33. The number of benzene rings is 2. The number of furan rings is 1. The predicted octanol–water partition coefficient (Wildman–Crippen LogP) is 2.41. The minimum absolute atomic E-state index is 0.201. The molecule has 0 radical (unpaired) electrons. The average Bonchev–Trinajstić information content (AvgIpc) is 3.23. The summed E-state index contributed by atoms with van der Waals surface area (Å²) in [6.07, 6.45) is 0.517. The fourth-order valence-corrected chi connectivity index (χ4v) is 2.61. The van der Waals surface area contributed by atoms with Crippen molar-refractivity contribution in [3.05, 3.63) is 72.2 Å². The van der Waals surface area contributed by atoms with E-state index >= 15 is 0 Å². The standard InChI is InChI=1S/C21H20N2O5/c1-14(20(25)22-12-18-7-4-10-27-18)28-19(24)13-23-21(26)17-9-8-15-5-2-3-6-16(15)11-17/h2-11,14H,12-13H2,1H3,(H,22,25)(H,23,26)/t14-/m0/s1. The van der Waals surface area contributed by atoms with Crippen LogP contribution in [0.5, 0.6) is 0 Å². The third-order valence-electron chi connectivity index (χ3n) is 4.10. The average molecular weight is 380 g/mol. The fraction of sp³-hybridized carbons (Fsp3) is 0.190. The molecule has 7 nitrogen and oxygen atoms in total. The molecule has 1 heterocycles. The maximum atomic E-state index is 12.2. The zero-order valence-electron chi connectivity index (χ0n) is 15.3. The van der Waals surface area contributed by atoms with Crippen LogP contribution in [-0.4, -0.2) is 30.4 Å². The molecule has 28 heavy (non-hydrogen) atoms. The Morgan fingerprint density at radius 1 is 1.00 bits per heavy atom. The third kappa shape index (κ3) is 4.97. The quantitative estimate of drug-likeness (QED) is 0.614. The fourth-order valence-electron chi connectivity index (χ4n) is 2.61. The van der Waals surface area contributed by atoms with Crippen LogP contribution < -0.4 is 10.6 Å². The van der Waals surface area contributed by atoms with Crippen LogP contribution in [0, 0.1) is 0 Å². The largest absolute Gasteiger partial charge is 0.467 e. The first-order valence-electron chi connectivity index (χ1n) is 8.79. The van der Waals surface area contributed by atoms with Crippen molar-refractivity contribution in [2.45, 2.75) is 19.6 Å². The van der Waals surface area contributed by atoms with Crippen molar-refractivity contribution in [2.24, 2.45) is 0 Å². The van der Waals surface area contributed by atoms with Crippen LogP contribution >= 0.6 is 0 Å². The van der Waals surface area contributed by atoms with E-state index in [1.807, 2.05) is 30.3 Å². The van der Waals surface area contributed by atoms with E-state index in [-0.39, 0.29) is 13.1 Å². The number of fused-ring (bicyclic) bond motifs is 1. The van der Waals surface area contributed by atoms with Gasteiger partial charge in [-0.2, -0.15) is 0 Å². The van der Waals surface area contributed by atoms with Crippen LogP contribution in [0.1, 0.15) is 23.0 Å². The van der Waals surface area contributed by atoms with E-state index in [0.717, 1.165) is 10.8 Å². The number of rotatable bonds is 7. The van der Waals surface area contributed by atoms with Gasteiger partial charge in [0.15, 0.2) is 6.10 Å². The molecule has 0 fully saturated rings. The topological polar surface area (TPSA) is 97.6 Å². The van der Waals surface area contributed by atoms with Crippen molar-refractivity contribution < 1.29 is 23.5 Å². The minimum Gasteiger partial charge on any atom is -0.467 e. The smallest absolute Gasteiger partial charge is 0.326 e. The van der Waals surface area contributed by atoms with Crippen molar-refractivity contribution in [1.29, 1.82) is 0 Å². The number of hydrogen-bond donors (Lipinski definition) is 2. The lowest BCUT2D eigenvalue weighted by atomic mass is 10.1. The van der Waals surface area contributed by atoms with Gasteiger partial charge in [-0.1, -0.05) is 30.3 Å². The molecule has 0 saturated carbocycles. The van der Waals surface area contributed by atoms with Gasteiger partial charge in [-0.25, -0.2) is 0 Å². The molecule has 3 aromatic rings. The molecular formula is C21H20N2O5. The second kappa shape index (κ2) is 8.85. The molecule has 0 aliphatic heterocycles. The highest BCUT2D eigenvalue weighted by molar-refractivity contribution is 5.99. The second-order valence-corrected chi connectivity index (χ2v) is 6.17. The van der Waals surface area contributed by atoms with Crippen LogP contribution in [0.15, 0.2) is 65.3 Å². The van der Waals surface area contributed by atoms with Gasteiger partial charge in [-0.15, -0.1) is 0 Å². The maximum absolute atomic E-state index is 12.2. The van der Waals surface area contributed by atoms with E-state index in [2.05, 4.69) is 10.6 Å². The van der Waals surface area contributed by atoms with Gasteiger partial charge in [0, 0.05) is 5.56 Å². The molecule has 1 atom stereocenters. The lowest BCUT2D eigenvalue weighted by Gasteiger charge is -2.13. The Morgan fingerprint density at radius 2 is 1.79 bits per heavy atom. The van der Waals surface area contributed by atoms with Crippen LogP contribution in [0.4, 0.5) is 0 Å².